The predicted molar refractivity (Wildman–Crippen MR) is 50.8 cm³/mol. The maximum Gasteiger partial charge on any atom is 0.170 e. The van der Waals surface area contributed by atoms with Crippen molar-refractivity contribution in [1.29, 1.82) is 0 Å². The van der Waals surface area contributed by atoms with E-state index in [-0.39, 0.29) is 34.7 Å². The molecule has 2 rings (SSSR count). The molecule has 2 saturated carbocycles. The second-order valence-electron chi connectivity index (χ2n) is 4.39. The third-order valence-corrected chi connectivity index (χ3v) is 2.85. The van der Waals surface area contributed by atoms with Crippen LogP contribution < -0.4 is 0 Å². The van der Waals surface area contributed by atoms with Gasteiger partial charge in [0, 0.05) is 18.8 Å². The fraction of sp³-hybridized carbons (Fsp3) is 0.636. The number of hydrogen-bond acceptors (Lipinski definition) is 3. The van der Waals surface area contributed by atoms with Crippen molar-refractivity contribution < 1.29 is 14.7 Å². The Morgan fingerprint density at radius 2 is 1.71 bits per heavy atom. The number of rotatable bonds is 1. The normalized spacial score (nSPS) is 28.1. The molecule has 0 spiro atoms. The van der Waals surface area contributed by atoms with Gasteiger partial charge < -0.3 is 5.11 Å². The second kappa shape index (κ2) is 3.23. The molecule has 0 bridgehead atoms. The van der Waals surface area contributed by atoms with Gasteiger partial charge in [0.1, 0.15) is 5.76 Å². The van der Waals surface area contributed by atoms with E-state index < -0.39 is 0 Å². The average molecular weight is 194 g/mol. The number of ketones is 2. The Bertz CT molecular complexity index is 303. The van der Waals surface area contributed by atoms with Crippen LogP contribution in [0.2, 0.25) is 0 Å². The lowest BCUT2D eigenvalue weighted by Gasteiger charge is -2.18. The van der Waals surface area contributed by atoms with Crippen molar-refractivity contribution in [2.24, 2.45) is 11.8 Å². The van der Waals surface area contributed by atoms with Crippen LogP contribution in [0.5, 0.6) is 0 Å². The molecule has 0 aromatic heterocycles. The minimum Gasteiger partial charge on any atom is -0.511 e. The summed E-state index contributed by atoms with van der Waals surface area (Å²) in [5, 5.41) is 9.68. The Kier molecular flexibility index (Phi) is 2.17. The molecule has 3 heteroatoms. The first kappa shape index (κ1) is 9.44. The summed E-state index contributed by atoms with van der Waals surface area (Å²) in [5.74, 6) is -0.0553. The summed E-state index contributed by atoms with van der Waals surface area (Å²) in [7, 11) is 0. The third-order valence-electron chi connectivity index (χ3n) is 2.85. The predicted octanol–water partition coefficient (Wildman–Crippen LogP) is 1.78. The zero-order valence-corrected chi connectivity index (χ0v) is 8.25. The molecule has 0 unspecified atom stereocenters. The Morgan fingerprint density at radius 3 is 2.14 bits per heavy atom. The summed E-state index contributed by atoms with van der Waals surface area (Å²) in [6, 6.07) is 0. The summed E-state index contributed by atoms with van der Waals surface area (Å²) in [4.78, 5) is 23.1. The maximum atomic E-state index is 11.6. The number of aliphatic hydroxyl groups is 1. The van der Waals surface area contributed by atoms with Crippen LogP contribution in [-0.2, 0) is 9.59 Å². The quantitative estimate of drug-likeness (QED) is 0.393. The lowest BCUT2D eigenvalue weighted by molar-refractivity contribution is -0.125. The first-order chi connectivity index (χ1) is 6.59. The highest BCUT2D eigenvalue weighted by molar-refractivity contribution is 6.22. The number of hydrogen-bond donors (Lipinski definition) is 1. The van der Waals surface area contributed by atoms with Crippen molar-refractivity contribution in [3.8, 4) is 0 Å². The van der Waals surface area contributed by atoms with Crippen LogP contribution in [0.15, 0.2) is 11.3 Å². The molecule has 0 aromatic rings. The molecule has 2 aliphatic rings. The van der Waals surface area contributed by atoms with E-state index in [4.69, 9.17) is 0 Å². The van der Waals surface area contributed by atoms with Crippen LogP contribution in [0.4, 0.5) is 0 Å². The van der Waals surface area contributed by atoms with Gasteiger partial charge in [-0.05, 0) is 18.8 Å². The summed E-state index contributed by atoms with van der Waals surface area (Å²) in [6.45, 7) is 1.89. The SMILES string of the molecule is CC1CC(=O)C(=C(O)C2CC2)C(=O)C1. The van der Waals surface area contributed by atoms with Gasteiger partial charge in [-0.25, -0.2) is 0 Å². The zero-order valence-electron chi connectivity index (χ0n) is 8.25. The molecule has 2 aliphatic carbocycles. The Morgan fingerprint density at radius 1 is 1.21 bits per heavy atom. The molecule has 0 atom stereocenters. The average Bonchev–Trinajstić information content (AvgIpc) is 2.83. The molecular weight excluding hydrogens is 180 g/mol. The molecule has 0 aromatic carbocycles. The van der Waals surface area contributed by atoms with Crippen LogP contribution in [0, 0.1) is 11.8 Å². The van der Waals surface area contributed by atoms with Gasteiger partial charge in [0.2, 0.25) is 0 Å². The van der Waals surface area contributed by atoms with E-state index in [1.54, 1.807) is 0 Å². The molecule has 0 aliphatic heterocycles. The van der Waals surface area contributed by atoms with Crippen LogP contribution in [0.25, 0.3) is 0 Å². The standard InChI is InChI=1S/C11H14O3/c1-6-4-8(12)10(9(13)5-6)11(14)7-2-3-7/h6-7,14H,2-5H2,1H3. The summed E-state index contributed by atoms with van der Waals surface area (Å²) in [5.41, 5.74) is 0.102. The van der Waals surface area contributed by atoms with Gasteiger partial charge in [-0.2, -0.15) is 0 Å². The van der Waals surface area contributed by atoms with Crippen LogP contribution in [0.1, 0.15) is 32.6 Å². The van der Waals surface area contributed by atoms with Gasteiger partial charge in [0.15, 0.2) is 11.6 Å². The van der Waals surface area contributed by atoms with E-state index in [9.17, 15) is 14.7 Å². The van der Waals surface area contributed by atoms with Crippen molar-refractivity contribution in [2.75, 3.05) is 0 Å². The largest absolute Gasteiger partial charge is 0.511 e. The van der Waals surface area contributed by atoms with Gasteiger partial charge in [0.05, 0.1) is 5.57 Å². The van der Waals surface area contributed by atoms with E-state index in [1.165, 1.54) is 0 Å². The van der Waals surface area contributed by atoms with E-state index in [1.807, 2.05) is 6.92 Å². The number of aliphatic hydroxyl groups excluding tert-OH is 1. The molecule has 1 N–H and O–H groups in total. The first-order valence-electron chi connectivity index (χ1n) is 5.09. The number of Topliss-reactive ketones (excluding diaryl/α,β-unsaturated/α-hetero) is 2. The first-order valence-corrected chi connectivity index (χ1v) is 5.09. The maximum absolute atomic E-state index is 11.6. The van der Waals surface area contributed by atoms with E-state index >= 15 is 0 Å². The molecule has 0 saturated heterocycles. The highest BCUT2D eigenvalue weighted by atomic mass is 16.3. The van der Waals surface area contributed by atoms with Gasteiger partial charge in [0.25, 0.3) is 0 Å². The lowest BCUT2D eigenvalue weighted by atomic mass is 9.84. The Balaban J connectivity index is 2.28. The summed E-state index contributed by atoms with van der Waals surface area (Å²) < 4.78 is 0. The molecule has 0 amide bonds. The van der Waals surface area contributed by atoms with Gasteiger partial charge in [-0.1, -0.05) is 6.92 Å². The Labute approximate surface area is 82.8 Å². The molecule has 0 radical (unpaired) electrons. The monoisotopic (exact) mass is 194 g/mol. The summed E-state index contributed by atoms with van der Waals surface area (Å²) >= 11 is 0. The van der Waals surface area contributed by atoms with Crippen molar-refractivity contribution in [3.05, 3.63) is 11.3 Å². The number of allylic oxidation sites excluding steroid dienone is 2. The highest BCUT2D eigenvalue weighted by Crippen LogP contribution is 2.38. The van der Waals surface area contributed by atoms with Crippen molar-refractivity contribution in [2.45, 2.75) is 32.6 Å². The van der Waals surface area contributed by atoms with E-state index in [2.05, 4.69) is 0 Å². The van der Waals surface area contributed by atoms with Crippen LogP contribution >= 0.6 is 0 Å². The fourth-order valence-electron chi connectivity index (χ4n) is 1.91. The third kappa shape index (κ3) is 1.59. The number of carbonyl (C=O) groups excluding carboxylic acids is 2. The van der Waals surface area contributed by atoms with Gasteiger partial charge >= 0.3 is 0 Å². The molecule has 76 valence electrons. The molecule has 0 heterocycles. The topological polar surface area (TPSA) is 54.4 Å². The molecular formula is C11H14O3. The van der Waals surface area contributed by atoms with Gasteiger partial charge in [-0.15, -0.1) is 0 Å². The van der Waals surface area contributed by atoms with Crippen molar-refractivity contribution in [1.82, 2.24) is 0 Å². The fourth-order valence-corrected chi connectivity index (χ4v) is 1.91. The van der Waals surface area contributed by atoms with Gasteiger partial charge in [-0.3, -0.25) is 9.59 Å². The smallest absolute Gasteiger partial charge is 0.170 e. The van der Waals surface area contributed by atoms with E-state index in [0.29, 0.717) is 12.8 Å². The van der Waals surface area contributed by atoms with E-state index in [0.717, 1.165) is 12.8 Å². The summed E-state index contributed by atoms with van der Waals surface area (Å²) in [6.07, 6.45) is 2.62. The van der Waals surface area contributed by atoms with Crippen LogP contribution in [0.3, 0.4) is 0 Å². The Hall–Kier alpha value is -1.12. The molecule has 3 nitrogen and oxygen atoms in total. The zero-order chi connectivity index (χ0) is 10.3. The lowest BCUT2D eigenvalue weighted by Crippen LogP contribution is -2.26. The number of carbonyl (C=O) groups is 2. The van der Waals surface area contributed by atoms with Crippen molar-refractivity contribution >= 4 is 11.6 Å². The van der Waals surface area contributed by atoms with Crippen LogP contribution in [-0.4, -0.2) is 16.7 Å². The molecule has 2 fully saturated rings. The minimum absolute atomic E-state index is 0.0619. The molecule has 14 heavy (non-hydrogen) atoms. The second-order valence-corrected chi connectivity index (χ2v) is 4.39. The van der Waals surface area contributed by atoms with Crippen molar-refractivity contribution in [3.63, 3.8) is 0 Å². The minimum atomic E-state index is -0.168. The highest BCUT2D eigenvalue weighted by Gasteiger charge is 2.36.